The molecule has 0 aromatic heterocycles. The van der Waals surface area contributed by atoms with Gasteiger partial charge in [0, 0.05) is 20.1 Å². The zero-order chi connectivity index (χ0) is 12.3. The van der Waals surface area contributed by atoms with Crippen molar-refractivity contribution in [3.63, 3.8) is 0 Å². The van der Waals surface area contributed by atoms with Gasteiger partial charge >= 0.3 is 5.97 Å². The van der Waals surface area contributed by atoms with Crippen LogP contribution in [0.15, 0.2) is 0 Å². The molecule has 5 heteroatoms. The first-order chi connectivity index (χ1) is 7.52. The van der Waals surface area contributed by atoms with E-state index < -0.39 is 0 Å². The molecule has 1 rings (SSSR count). The largest absolute Gasteiger partial charge is 0.468 e. The third-order valence-electron chi connectivity index (χ3n) is 3.24. The molecule has 0 bridgehead atoms. The van der Waals surface area contributed by atoms with Gasteiger partial charge in [-0.05, 0) is 20.3 Å². The number of nitrogens with zero attached hydrogens (tertiary/aromatic N) is 2. The number of carbonyl (C=O) groups is 2. The number of likely N-dealkylation sites (tertiary alicyclic amines) is 1. The highest BCUT2D eigenvalue weighted by Crippen LogP contribution is 2.22. The van der Waals surface area contributed by atoms with Crippen LogP contribution in [0.3, 0.4) is 0 Å². The molecule has 0 spiro atoms. The number of methoxy groups -OCH3 is 1. The van der Waals surface area contributed by atoms with Crippen molar-refractivity contribution >= 4 is 11.9 Å². The number of esters is 1. The molecule has 0 aromatic rings. The lowest BCUT2D eigenvalue weighted by Crippen LogP contribution is -2.60. The van der Waals surface area contributed by atoms with Gasteiger partial charge < -0.3 is 9.64 Å². The molecule has 0 saturated carbocycles. The Kier molecular flexibility index (Phi) is 4.29. The fourth-order valence-electron chi connectivity index (χ4n) is 1.88. The van der Waals surface area contributed by atoms with E-state index in [-0.39, 0.29) is 24.0 Å². The summed E-state index contributed by atoms with van der Waals surface area (Å²) in [6, 6.07) is -0.489. The smallest absolute Gasteiger partial charge is 0.323 e. The SMILES string of the molecule is CCN(C)C(=O)C(C)N1CCC1C(=O)OC. The van der Waals surface area contributed by atoms with Gasteiger partial charge in [-0.3, -0.25) is 14.5 Å². The first-order valence-corrected chi connectivity index (χ1v) is 5.61. The van der Waals surface area contributed by atoms with Crippen LogP contribution in [0.25, 0.3) is 0 Å². The van der Waals surface area contributed by atoms with Gasteiger partial charge in [-0.15, -0.1) is 0 Å². The highest BCUT2D eigenvalue weighted by molar-refractivity contribution is 5.83. The van der Waals surface area contributed by atoms with Gasteiger partial charge in [0.15, 0.2) is 0 Å². The summed E-state index contributed by atoms with van der Waals surface area (Å²) in [4.78, 5) is 26.8. The standard InChI is InChI=1S/C11H20N2O3/c1-5-12(3)10(14)8(2)13-7-6-9(13)11(15)16-4/h8-9H,5-7H2,1-4H3. The van der Waals surface area contributed by atoms with Crippen molar-refractivity contribution in [3.8, 4) is 0 Å². The monoisotopic (exact) mass is 228 g/mol. The number of rotatable bonds is 4. The minimum absolute atomic E-state index is 0.0519. The highest BCUT2D eigenvalue weighted by Gasteiger charge is 2.40. The Morgan fingerprint density at radius 2 is 2.19 bits per heavy atom. The topological polar surface area (TPSA) is 49.9 Å². The molecule has 1 fully saturated rings. The Hall–Kier alpha value is -1.10. The van der Waals surface area contributed by atoms with Gasteiger partial charge in [0.1, 0.15) is 6.04 Å². The van der Waals surface area contributed by atoms with Gasteiger partial charge in [-0.25, -0.2) is 0 Å². The van der Waals surface area contributed by atoms with Crippen LogP contribution in [0, 0.1) is 0 Å². The third kappa shape index (κ3) is 2.35. The van der Waals surface area contributed by atoms with E-state index in [1.165, 1.54) is 7.11 Å². The second-order valence-corrected chi connectivity index (χ2v) is 4.09. The lowest BCUT2D eigenvalue weighted by molar-refractivity contribution is -0.156. The molecule has 0 N–H and O–H groups in total. The van der Waals surface area contributed by atoms with Gasteiger partial charge in [-0.2, -0.15) is 0 Å². The Bertz CT molecular complexity index is 280. The Balaban J connectivity index is 2.58. The second kappa shape index (κ2) is 5.30. The maximum atomic E-state index is 11.9. The van der Waals surface area contributed by atoms with Crippen molar-refractivity contribution < 1.29 is 14.3 Å². The second-order valence-electron chi connectivity index (χ2n) is 4.09. The first kappa shape index (κ1) is 13.0. The fraction of sp³-hybridized carbons (Fsp3) is 0.818. The van der Waals surface area contributed by atoms with E-state index in [0.29, 0.717) is 6.54 Å². The predicted octanol–water partition coefficient (Wildman–Crippen LogP) is 0.100. The molecule has 16 heavy (non-hydrogen) atoms. The summed E-state index contributed by atoms with van der Waals surface area (Å²) in [7, 11) is 3.15. The highest BCUT2D eigenvalue weighted by atomic mass is 16.5. The molecule has 5 nitrogen and oxygen atoms in total. The number of ether oxygens (including phenoxy) is 1. The quantitative estimate of drug-likeness (QED) is 0.640. The molecule has 92 valence electrons. The average molecular weight is 228 g/mol. The number of hydrogen-bond acceptors (Lipinski definition) is 4. The molecule has 1 aliphatic heterocycles. The van der Waals surface area contributed by atoms with Crippen LogP contribution in [-0.2, 0) is 14.3 Å². The Labute approximate surface area is 96.3 Å². The summed E-state index contributed by atoms with van der Waals surface area (Å²) in [6.45, 7) is 5.23. The van der Waals surface area contributed by atoms with Crippen molar-refractivity contribution in [1.82, 2.24) is 9.80 Å². The van der Waals surface area contributed by atoms with Crippen molar-refractivity contribution in [2.24, 2.45) is 0 Å². The molecular formula is C11H20N2O3. The van der Waals surface area contributed by atoms with Crippen LogP contribution in [0.2, 0.25) is 0 Å². The van der Waals surface area contributed by atoms with Gasteiger partial charge in [0.25, 0.3) is 0 Å². The van der Waals surface area contributed by atoms with Crippen LogP contribution in [-0.4, -0.2) is 61.0 Å². The lowest BCUT2D eigenvalue weighted by atomic mass is 10.00. The average Bonchev–Trinajstić information content (AvgIpc) is 2.24. The molecular weight excluding hydrogens is 208 g/mol. The number of likely N-dealkylation sites (N-methyl/N-ethyl adjacent to an activating group) is 1. The Morgan fingerprint density at radius 1 is 1.56 bits per heavy atom. The Morgan fingerprint density at radius 3 is 2.56 bits per heavy atom. The van der Waals surface area contributed by atoms with Gasteiger partial charge in [0.2, 0.25) is 5.91 Å². The lowest BCUT2D eigenvalue weighted by Gasteiger charge is -2.42. The minimum atomic E-state index is -0.247. The summed E-state index contributed by atoms with van der Waals surface area (Å²) in [5, 5.41) is 0. The molecule has 1 amide bonds. The summed E-state index contributed by atoms with van der Waals surface area (Å²) >= 11 is 0. The van der Waals surface area contributed by atoms with Crippen molar-refractivity contribution in [1.29, 1.82) is 0 Å². The van der Waals surface area contributed by atoms with Crippen molar-refractivity contribution in [3.05, 3.63) is 0 Å². The van der Waals surface area contributed by atoms with Crippen molar-refractivity contribution in [2.45, 2.75) is 32.4 Å². The molecule has 2 atom stereocenters. The minimum Gasteiger partial charge on any atom is -0.468 e. The molecule has 1 saturated heterocycles. The van der Waals surface area contributed by atoms with Crippen LogP contribution < -0.4 is 0 Å². The van der Waals surface area contributed by atoms with Gasteiger partial charge in [-0.1, -0.05) is 0 Å². The molecule has 0 radical (unpaired) electrons. The van der Waals surface area contributed by atoms with Crippen LogP contribution in [0.5, 0.6) is 0 Å². The zero-order valence-corrected chi connectivity index (χ0v) is 10.4. The first-order valence-electron chi connectivity index (χ1n) is 5.61. The normalized spacial score (nSPS) is 22.1. The van der Waals surface area contributed by atoms with E-state index in [4.69, 9.17) is 4.74 Å². The van der Waals surface area contributed by atoms with Crippen LogP contribution >= 0.6 is 0 Å². The van der Waals surface area contributed by atoms with E-state index >= 15 is 0 Å². The molecule has 1 aliphatic rings. The summed E-state index contributed by atoms with van der Waals surface area (Å²) < 4.78 is 4.70. The maximum Gasteiger partial charge on any atom is 0.323 e. The molecule has 2 unspecified atom stereocenters. The molecule has 0 aromatic carbocycles. The maximum absolute atomic E-state index is 11.9. The van der Waals surface area contributed by atoms with E-state index in [1.54, 1.807) is 11.9 Å². The van der Waals surface area contributed by atoms with E-state index in [1.807, 2.05) is 18.7 Å². The van der Waals surface area contributed by atoms with Crippen LogP contribution in [0.4, 0.5) is 0 Å². The molecule has 0 aliphatic carbocycles. The summed E-state index contributed by atoms with van der Waals surface area (Å²) in [5.41, 5.74) is 0. The number of carbonyl (C=O) groups excluding carboxylic acids is 2. The zero-order valence-electron chi connectivity index (χ0n) is 10.4. The van der Waals surface area contributed by atoms with E-state index in [2.05, 4.69) is 0 Å². The fourth-order valence-corrected chi connectivity index (χ4v) is 1.88. The van der Waals surface area contributed by atoms with Crippen molar-refractivity contribution in [2.75, 3.05) is 27.2 Å². The summed E-state index contributed by atoms with van der Waals surface area (Å²) in [5.74, 6) is -0.193. The summed E-state index contributed by atoms with van der Waals surface area (Å²) in [6.07, 6.45) is 0.778. The number of amides is 1. The number of hydrogen-bond donors (Lipinski definition) is 0. The van der Waals surface area contributed by atoms with E-state index in [9.17, 15) is 9.59 Å². The van der Waals surface area contributed by atoms with E-state index in [0.717, 1.165) is 13.0 Å². The predicted molar refractivity (Wildman–Crippen MR) is 59.9 cm³/mol. The van der Waals surface area contributed by atoms with Crippen LogP contribution in [0.1, 0.15) is 20.3 Å². The molecule has 1 heterocycles. The van der Waals surface area contributed by atoms with Gasteiger partial charge in [0.05, 0.1) is 13.2 Å². The third-order valence-corrected chi connectivity index (χ3v) is 3.24.